The number of piperazine rings is 1. The van der Waals surface area contributed by atoms with E-state index in [4.69, 9.17) is 19.2 Å². The molecule has 12 heteroatoms. The Morgan fingerprint density at radius 2 is 1.63 bits per heavy atom. The Hall–Kier alpha value is -2.96. The number of hydrogen-bond acceptors (Lipinski definition) is 8. The van der Waals surface area contributed by atoms with Gasteiger partial charge < -0.3 is 19.1 Å². The second-order valence-corrected chi connectivity index (χ2v) is 10.5. The third-order valence-corrected chi connectivity index (χ3v) is 8.55. The lowest BCUT2D eigenvalue weighted by Crippen LogP contribution is -2.48. The van der Waals surface area contributed by atoms with Gasteiger partial charge in [0.25, 0.3) is 0 Å². The molecule has 0 N–H and O–H groups in total. The molecule has 0 spiro atoms. The van der Waals surface area contributed by atoms with E-state index in [-0.39, 0.29) is 13.1 Å². The summed E-state index contributed by atoms with van der Waals surface area (Å²) in [6, 6.07) is 6.23. The number of rotatable bonds is 8. The molecule has 0 atom stereocenters. The minimum absolute atomic E-state index is 0.168. The van der Waals surface area contributed by atoms with Gasteiger partial charge in [-0.25, -0.2) is 22.2 Å². The number of benzene rings is 2. The molecule has 0 saturated carbocycles. The summed E-state index contributed by atoms with van der Waals surface area (Å²) >= 11 is 1.47. The third-order valence-electron chi connectivity index (χ3n) is 5.67. The molecular weight excluding hydrogens is 500 g/mol. The predicted octanol–water partition coefficient (Wildman–Crippen LogP) is 3.55. The lowest BCUT2D eigenvalue weighted by atomic mass is 10.1. The van der Waals surface area contributed by atoms with Crippen LogP contribution in [0.2, 0.25) is 0 Å². The summed E-state index contributed by atoms with van der Waals surface area (Å²) in [7, 11) is 0.618. The summed E-state index contributed by atoms with van der Waals surface area (Å²) in [5.74, 6) is -0.272. The average molecular weight is 526 g/mol. The van der Waals surface area contributed by atoms with Crippen LogP contribution in [0.25, 0.3) is 0 Å². The van der Waals surface area contributed by atoms with Crippen LogP contribution in [0.15, 0.2) is 40.6 Å². The molecule has 1 saturated heterocycles. The normalized spacial score (nSPS) is 14.7. The molecule has 1 fully saturated rings. The van der Waals surface area contributed by atoms with Gasteiger partial charge in [-0.2, -0.15) is 4.31 Å². The zero-order valence-corrected chi connectivity index (χ0v) is 21.1. The molecule has 0 unspecified atom stereocenters. The van der Waals surface area contributed by atoms with Crippen molar-refractivity contribution in [1.29, 1.82) is 0 Å². The number of anilines is 1. The van der Waals surface area contributed by atoms with Crippen LogP contribution in [-0.2, 0) is 16.4 Å². The van der Waals surface area contributed by atoms with E-state index >= 15 is 0 Å². The van der Waals surface area contributed by atoms with Crippen molar-refractivity contribution in [3.05, 3.63) is 58.6 Å². The van der Waals surface area contributed by atoms with E-state index in [0.29, 0.717) is 42.8 Å². The predicted molar refractivity (Wildman–Crippen MR) is 128 cm³/mol. The smallest absolute Gasteiger partial charge is 0.246 e. The summed E-state index contributed by atoms with van der Waals surface area (Å²) in [5.41, 5.74) is 1.79. The molecule has 188 valence electrons. The first-order chi connectivity index (χ1) is 16.8. The van der Waals surface area contributed by atoms with Crippen molar-refractivity contribution in [2.45, 2.75) is 11.3 Å². The Morgan fingerprint density at radius 1 is 0.971 bits per heavy atom. The second kappa shape index (κ2) is 10.3. The quantitative estimate of drug-likeness (QED) is 0.445. The number of ether oxygens (including phenoxy) is 3. The van der Waals surface area contributed by atoms with Crippen LogP contribution in [0.1, 0.15) is 11.3 Å². The highest BCUT2D eigenvalue weighted by Crippen LogP contribution is 2.39. The van der Waals surface area contributed by atoms with Crippen molar-refractivity contribution in [2.75, 3.05) is 52.4 Å². The lowest BCUT2D eigenvalue weighted by molar-refractivity contribution is 0.324. The van der Waals surface area contributed by atoms with Gasteiger partial charge in [0.2, 0.25) is 15.8 Å². The topological polar surface area (TPSA) is 81.2 Å². The molecule has 0 bridgehead atoms. The van der Waals surface area contributed by atoms with Gasteiger partial charge in [0.05, 0.1) is 27.0 Å². The molecule has 8 nitrogen and oxygen atoms in total. The van der Waals surface area contributed by atoms with Crippen LogP contribution in [-0.4, -0.2) is 65.2 Å². The Bertz CT molecular complexity index is 1280. The van der Waals surface area contributed by atoms with Crippen LogP contribution >= 0.6 is 11.3 Å². The monoisotopic (exact) mass is 525 g/mol. The highest BCUT2D eigenvalue weighted by Gasteiger charge is 2.31. The van der Waals surface area contributed by atoms with Gasteiger partial charge in [-0.3, -0.25) is 0 Å². The molecule has 0 radical (unpaired) electrons. The largest absolute Gasteiger partial charge is 0.493 e. The first kappa shape index (κ1) is 25.1. The fraction of sp³-hybridized carbons (Fsp3) is 0.348. The molecule has 2 aromatic carbocycles. The Morgan fingerprint density at radius 3 is 2.20 bits per heavy atom. The number of nitrogens with zero attached hydrogens (tertiary/aromatic N) is 3. The number of methoxy groups -OCH3 is 3. The van der Waals surface area contributed by atoms with Gasteiger partial charge in [0.1, 0.15) is 16.5 Å². The van der Waals surface area contributed by atoms with E-state index in [1.165, 1.54) is 15.6 Å². The van der Waals surface area contributed by atoms with E-state index in [9.17, 15) is 17.2 Å². The minimum atomic E-state index is -4.06. The van der Waals surface area contributed by atoms with E-state index in [0.717, 1.165) is 28.5 Å². The van der Waals surface area contributed by atoms with Gasteiger partial charge in [-0.1, -0.05) is 0 Å². The van der Waals surface area contributed by atoms with Gasteiger partial charge in [-0.15, -0.1) is 11.3 Å². The average Bonchev–Trinajstić information content (AvgIpc) is 3.31. The van der Waals surface area contributed by atoms with Crippen LogP contribution in [0.3, 0.4) is 0 Å². The van der Waals surface area contributed by atoms with Gasteiger partial charge in [0.15, 0.2) is 16.6 Å². The maximum Gasteiger partial charge on any atom is 0.246 e. The lowest BCUT2D eigenvalue weighted by Gasteiger charge is -2.33. The molecule has 1 aliphatic rings. The van der Waals surface area contributed by atoms with Crippen molar-refractivity contribution in [3.63, 3.8) is 0 Å². The van der Waals surface area contributed by atoms with Crippen molar-refractivity contribution < 1.29 is 31.4 Å². The van der Waals surface area contributed by atoms with Crippen molar-refractivity contribution in [1.82, 2.24) is 9.29 Å². The van der Waals surface area contributed by atoms with Crippen LogP contribution < -0.4 is 19.1 Å². The zero-order valence-electron chi connectivity index (χ0n) is 19.5. The number of aromatic nitrogens is 1. The SMILES string of the molecule is COc1cc(Cc2csc(N3CCN(S(=O)(=O)c4ccc(F)cc4F)CC3)n2)cc(OC)c1OC. The first-order valence-corrected chi connectivity index (χ1v) is 13.0. The minimum Gasteiger partial charge on any atom is -0.493 e. The molecule has 35 heavy (non-hydrogen) atoms. The highest BCUT2D eigenvalue weighted by atomic mass is 32.2. The highest BCUT2D eigenvalue weighted by molar-refractivity contribution is 7.89. The molecule has 0 aliphatic carbocycles. The summed E-state index contributed by atoms with van der Waals surface area (Å²) in [6.07, 6.45) is 0.547. The molecule has 0 amide bonds. The Labute approximate surface area is 206 Å². The third kappa shape index (κ3) is 5.19. The molecule has 2 heterocycles. The molecule has 1 aromatic heterocycles. The number of sulfonamides is 1. The fourth-order valence-electron chi connectivity index (χ4n) is 3.91. The first-order valence-electron chi connectivity index (χ1n) is 10.7. The Kier molecular flexibility index (Phi) is 7.43. The summed E-state index contributed by atoms with van der Waals surface area (Å²) < 4.78 is 70.3. The number of halogens is 2. The van der Waals surface area contributed by atoms with E-state index in [1.807, 2.05) is 22.4 Å². The van der Waals surface area contributed by atoms with Crippen molar-refractivity contribution in [3.8, 4) is 17.2 Å². The van der Waals surface area contributed by atoms with Crippen LogP contribution in [0.4, 0.5) is 13.9 Å². The second-order valence-electron chi connectivity index (χ2n) is 7.80. The van der Waals surface area contributed by atoms with Crippen LogP contribution in [0, 0.1) is 11.6 Å². The summed E-state index contributed by atoms with van der Waals surface area (Å²) in [5, 5.41) is 2.73. The maximum atomic E-state index is 14.1. The number of hydrogen-bond donors (Lipinski definition) is 0. The Balaban J connectivity index is 1.44. The standard InChI is InChI=1S/C23H25F2N3O5S2/c1-31-19-11-15(12-20(32-2)22(19)33-3)10-17-14-34-23(26-17)27-6-8-28(9-7-27)35(29,30)21-5-4-16(24)13-18(21)25/h4-5,11-14H,6-10H2,1-3H3. The van der Waals surface area contributed by atoms with Gasteiger partial charge in [0, 0.05) is 44.0 Å². The molecule has 4 rings (SSSR count). The molecular formula is C23H25F2N3O5S2. The summed E-state index contributed by atoms with van der Waals surface area (Å²) in [6.45, 7) is 1.14. The van der Waals surface area contributed by atoms with Crippen LogP contribution in [0.5, 0.6) is 17.2 Å². The molecule has 1 aliphatic heterocycles. The van der Waals surface area contributed by atoms with Gasteiger partial charge >= 0.3 is 0 Å². The van der Waals surface area contributed by atoms with Crippen molar-refractivity contribution >= 4 is 26.5 Å². The summed E-state index contributed by atoms with van der Waals surface area (Å²) in [4.78, 5) is 6.19. The van der Waals surface area contributed by atoms with E-state index in [1.54, 1.807) is 21.3 Å². The fourth-order valence-corrected chi connectivity index (χ4v) is 6.26. The number of thiazole rings is 1. The van der Waals surface area contributed by atoms with Crippen molar-refractivity contribution in [2.24, 2.45) is 0 Å². The molecule has 3 aromatic rings. The maximum absolute atomic E-state index is 14.1. The van der Waals surface area contributed by atoms with Gasteiger partial charge in [-0.05, 0) is 29.8 Å². The van der Waals surface area contributed by atoms with E-state index < -0.39 is 26.6 Å². The van der Waals surface area contributed by atoms with E-state index in [2.05, 4.69) is 0 Å². The zero-order chi connectivity index (χ0) is 25.2.